The normalized spacial score (nSPS) is 10.4. The summed E-state index contributed by atoms with van der Waals surface area (Å²) >= 11 is 0. The molecule has 0 unspecified atom stereocenters. The van der Waals surface area contributed by atoms with Crippen LogP contribution in [-0.2, 0) is 19.5 Å². The molecule has 1 N–H and O–H groups in total. The van der Waals surface area contributed by atoms with Crippen molar-refractivity contribution in [1.82, 2.24) is 10.3 Å². The zero-order valence-corrected chi connectivity index (χ0v) is 11.5. The van der Waals surface area contributed by atoms with E-state index in [-0.39, 0.29) is 0 Å². The predicted molar refractivity (Wildman–Crippen MR) is 77.2 cm³/mol. The lowest BCUT2D eigenvalue weighted by Crippen LogP contribution is -2.14. The number of rotatable bonds is 6. The molecule has 0 atom stereocenters. The van der Waals surface area contributed by atoms with Gasteiger partial charge < -0.3 is 10.1 Å². The SMILES string of the molecule is CCc1ccccc1CNCc1ccnc(OC)c1. The molecule has 0 radical (unpaired) electrons. The molecule has 0 bridgehead atoms. The van der Waals surface area contributed by atoms with Crippen molar-refractivity contribution in [2.24, 2.45) is 0 Å². The number of aryl methyl sites for hydroxylation is 1. The van der Waals surface area contributed by atoms with E-state index in [1.807, 2.05) is 12.1 Å². The van der Waals surface area contributed by atoms with Gasteiger partial charge in [-0.15, -0.1) is 0 Å². The summed E-state index contributed by atoms with van der Waals surface area (Å²) in [5.74, 6) is 0.660. The summed E-state index contributed by atoms with van der Waals surface area (Å²) in [4.78, 5) is 4.10. The molecule has 1 aromatic carbocycles. The summed E-state index contributed by atoms with van der Waals surface area (Å²) in [6.45, 7) is 3.89. The molecule has 3 heteroatoms. The van der Waals surface area contributed by atoms with E-state index in [4.69, 9.17) is 4.74 Å². The van der Waals surface area contributed by atoms with Gasteiger partial charge in [0.2, 0.25) is 5.88 Å². The number of hydrogen-bond donors (Lipinski definition) is 1. The first kappa shape index (κ1) is 13.6. The number of nitrogens with zero attached hydrogens (tertiary/aromatic N) is 1. The average molecular weight is 256 g/mol. The van der Waals surface area contributed by atoms with Crippen molar-refractivity contribution >= 4 is 0 Å². The van der Waals surface area contributed by atoms with Crippen molar-refractivity contribution in [3.8, 4) is 5.88 Å². The van der Waals surface area contributed by atoms with E-state index in [1.165, 1.54) is 16.7 Å². The first-order chi connectivity index (χ1) is 9.33. The Morgan fingerprint density at radius 1 is 1.11 bits per heavy atom. The van der Waals surface area contributed by atoms with E-state index in [1.54, 1.807) is 13.3 Å². The van der Waals surface area contributed by atoms with Crippen molar-refractivity contribution in [3.05, 3.63) is 59.3 Å². The summed E-state index contributed by atoms with van der Waals surface area (Å²) in [5.41, 5.74) is 3.95. The third-order valence-electron chi connectivity index (χ3n) is 3.15. The van der Waals surface area contributed by atoms with Gasteiger partial charge in [-0.05, 0) is 29.2 Å². The summed E-state index contributed by atoms with van der Waals surface area (Å²) < 4.78 is 5.12. The molecular formula is C16H20N2O. The predicted octanol–water partition coefficient (Wildman–Crippen LogP) is 2.94. The molecule has 19 heavy (non-hydrogen) atoms. The van der Waals surface area contributed by atoms with Gasteiger partial charge in [-0.1, -0.05) is 31.2 Å². The summed E-state index contributed by atoms with van der Waals surface area (Å²) in [6.07, 6.45) is 2.84. The van der Waals surface area contributed by atoms with Crippen molar-refractivity contribution in [2.45, 2.75) is 26.4 Å². The van der Waals surface area contributed by atoms with Crippen molar-refractivity contribution in [1.29, 1.82) is 0 Å². The second-order valence-electron chi connectivity index (χ2n) is 4.43. The second kappa shape index (κ2) is 6.90. The zero-order valence-electron chi connectivity index (χ0n) is 11.5. The number of ether oxygens (including phenoxy) is 1. The van der Waals surface area contributed by atoms with Crippen LogP contribution in [0.15, 0.2) is 42.6 Å². The smallest absolute Gasteiger partial charge is 0.213 e. The fraction of sp³-hybridized carbons (Fsp3) is 0.312. The van der Waals surface area contributed by atoms with Crippen LogP contribution in [0.5, 0.6) is 5.88 Å². The summed E-state index contributed by atoms with van der Waals surface area (Å²) in [6, 6.07) is 12.5. The van der Waals surface area contributed by atoms with E-state index in [2.05, 4.69) is 41.5 Å². The van der Waals surface area contributed by atoms with Crippen molar-refractivity contribution < 1.29 is 4.74 Å². The fourth-order valence-electron chi connectivity index (χ4n) is 2.09. The van der Waals surface area contributed by atoms with Gasteiger partial charge in [0, 0.05) is 25.4 Å². The van der Waals surface area contributed by atoms with Crippen molar-refractivity contribution in [2.75, 3.05) is 7.11 Å². The molecule has 3 nitrogen and oxygen atoms in total. The molecule has 0 spiro atoms. The van der Waals surface area contributed by atoms with Gasteiger partial charge >= 0.3 is 0 Å². The molecule has 2 rings (SSSR count). The highest BCUT2D eigenvalue weighted by molar-refractivity contribution is 5.27. The number of methoxy groups -OCH3 is 1. The quantitative estimate of drug-likeness (QED) is 0.863. The van der Waals surface area contributed by atoms with Crippen LogP contribution in [0.3, 0.4) is 0 Å². The molecule has 2 aromatic rings. The first-order valence-corrected chi connectivity index (χ1v) is 6.60. The minimum atomic E-state index is 0.660. The molecule has 0 amide bonds. The Morgan fingerprint density at radius 3 is 2.63 bits per heavy atom. The Hall–Kier alpha value is -1.87. The molecule has 0 fully saturated rings. The maximum absolute atomic E-state index is 5.12. The minimum absolute atomic E-state index is 0.660. The number of nitrogens with one attached hydrogen (secondary N) is 1. The maximum atomic E-state index is 5.12. The standard InChI is InChI=1S/C16H20N2O/c1-3-14-6-4-5-7-15(14)12-17-11-13-8-9-18-16(10-13)19-2/h4-10,17H,3,11-12H2,1-2H3. The topological polar surface area (TPSA) is 34.2 Å². The molecule has 1 heterocycles. The fourth-order valence-corrected chi connectivity index (χ4v) is 2.09. The van der Waals surface area contributed by atoms with E-state index in [0.717, 1.165) is 19.5 Å². The Labute approximate surface area is 114 Å². The van der Waals surface area contributed by atoms with Gasteiger partial charge in [0.1, 0.15) is 0 Å². The highest BCUT2D eigenvalue weighted by Crippen LogP contribution is 2.11. The molecular weight excluding hydrogens is 236 g/mol. The Morgan fingerprint density at radius 2 is 1.89 bits per heavy atom. The minimum Gasteiger partial charge on any atom is -0.481 e. The van der Waals surface area contributed by atoms with Gasteiger partial charge in [0.05, 0.1) is 7.11 Å². The molecule has 0 saturated carbocycles. The van der Waals surface area contributed by atoms with Gasteiger partial charge in [-0.25, -0.2) is 4.98 Å². The summed E-state index contributed by atoms with van der Waals surface area (Å²) in [5, 5.41) is 3.46. The van der Waals surface area contributed by atoms with E-state index in [9.17, 15) is 0 Å². The van der Waals surface area contributed by atoms with Gasteiger partial charge in [-0.2, -0.15) is 0 Å². The zero-order chi connectivity index (χ0) is 13.5. The molecule has 0 saturated heterocycles. The van der Waals surface area contributed by atoms with Crippen LogP contribution in [0.2, 0.25) is 0 Å². The monoisotopic (exact) mass is 256 g/mol. The Bertz CT molecular complexity index is 526. The van der Waals surface area contributed by atoms with E-state index >= 15 is 0 Å². The highest BCUT2D eigenvalue weighted by Gasteiger charge is 2.00. The second-order valence-corrected chi connectivity index (χ2v) is 4.43. The molecule has 0 aliphatic rings. The van der Waals surface area contributed by atoms with Gasteiger partial charge in [-0.3, -0.25) is 0 Å². The third-order valence-corrected chi connectivity index (χ3v) is 3.15. The molecule has 0 aliphatic heterocycles. The van der Waals surface area contributed by atoms with Crippen LogP contribution in [0, 0.1) is 0 Å². The van der Waals surface area contributed by atoms with Crippen LogP contribution in [0.25, 0.3) is 0 Å². The number of benzene rings is 1. The van der Waals surface area contributed by atoms with Gasteiger partial charge in [0.15, 0.2) is 0 Å². The Balaban J connectivity index is 1.92. The average Bonchev–Trinajstić information content (AvgIpc) is 2.48. The molecule has 100 valence electrons. The van der Waals surface area contributed by atoms with Crippen LogP contribution >= 0.6 is 0 Å². The van der Waals surface area contributed by atoms with Crippen LogP contribution in [0.1, 0.15) is 23.6 Å². The summed E-state index contributed by atoms with van der Waals surface area (Å²) in [7, 11) is 1.64. The maximum Gasteiger partial charge on any atom is 0.213 e. The lowest BCUT2D eigenvalue weighted by molar-refractivity contribution is 0.397. The van der Waals surface area contributed by atoms with Crippen LogP contribution in [0.4, 0.5) is 0 Å². The van der Waals surface area contributed by atoms with E-state index in [0.29, 0.717) is 5.88 Å². The lowest BCUT2D eigenvalue weighted by Gasteiger charge is -2.09. The number of hydrogen-bond acceptors (Lipinski definition) is 3. The third kappa shape index (κ3) is 3.80. The molecule has 0 aliphatic carbocycles. The van der Waals surface area contributed by atoms with Gasteiger partial charge in [0.25, 0.3) is 0 Å². The van der Waals surface area contributed by atoms with E-state index < -0.39 is 0 Å². The van der Waals surface area contributed by atoms with Crippen LogP contribution < -0.4 is 10.1 Å². The first-order valence-electron chi connectivity index (χ1n) is 6.60. The largest absolute Gasteiger partial charge is 0.481 e. The van der Waals surface area contributed by atoms with Crippen LogP contribution in [-0.4, -0.2) is 12.1 Å². The Kier molecular flexibility index (Phi) is 4.93. The number of pyridine rings is 1. The number of aromatic nitrogens is 1. The van der Waals surface area contributed by atoms with Crippen molar-refractivity contribution in [3.63, 3.8) is 0 Å². The molecule has 1 aromatic heterocycles. The highest BCUT2D eigenvalue weighted by atomic mass is 16.5. The lowest BCUT2D eigenvalue weighted by atomic mass is 10.1.